The number of nitrogens with one attached hydrogen (secondary N) is 1. The number of hydrogen-bond donors (Lipinski definition) is 1. The maximum absolute atomic E-state index is 12.4. The molecule has 0 spiro atoms. The van der Waals surface area contributed by atoms with Crippen molar-refractivity contribution in [2.24, 2.45) is 0 Å². The average molecular weight is 297 g/mol. The van der Waals surface area contributed by atoms with Crippen molar-refractivity contribution in [1.82, 2.24) is 9.88 Å². The smallest absolute Gasteiger partial charge is 0.321 e. The van der Waals surface area contributed by atoms with Crippen LogP contribution in [0.4, 0.5) is 10.5 Å². The lowest BCUT2D eigenvalue weighted by Crippen LogP contribution is -2.36. The Morgan fingerprint density at radius 2 is 2.05 bits per heavy atom. The summed E-state index contributed by atoms with van der Waals surface area (Å²) in [7, 11) is 0. The Bertz CT molecular complexity index is 625. The van der Waals surface area contributed by atoms with E-state index in [4.69, 9.17) is 0 Å². The number of rotatable bonds is 5. The Labute approximate surface area is 132 Å². The second-order valence-corrected chi connectivity index (χ2v) is 5.40. The lowest BCUT2D eigenvalue weighted by molar-refractivity contribution is 0.215. The van der Waals surface area contributed by atoms with E-state index in [-0.39, 0.29) is 6.03 Å². The molecule has 2 aromatic rings. The molecule has 1 heterocycles. The van der Waals surface area contributed by atoms with Gasteiger partial charge in [-0.05, 0) is 50.1 Å². The van der Waals surface area contributed by atoms with Gasteiger partial charge in [-0.2, -0.15) is 0 Å². The van der Waals surface area contributed by atoms with Gasteiger partial charge in [-0.25, -0.2) is 4.79 Å². The number of amides is 2. The molecular weight excluding hydrogens is 274 g/mol. The number of hydrogen-bond acceptors (Lipinski definition) is 2. The summed E-state index contributed by atoms with van der Waals surface area (Å²) < 4.78 is 0. The summed E-state index contributed by atoms with van der Waals surface area (Å²) in [6.45, 7) is 7.34. The van der Waals surface area contributed by atoms with Crippen LogP contribution in [0.2, 0.25) is 0 Å². The van der Waals surface area contributed by atoms with Crippen LogP contribution in [0.15, 0.2) is 42.6 Å². The van der Waals surface area contributed by atoms with Crippen molar-refractivity contribution in [3.8, 4) is 0 Å². The normalized spacial score (nSPS) is 10.3. The van der Waals surface area contributed by atoms with E-state index in [1.165, 1.54) is 0 Å². The predicted molar refractivity (Wildman–Crippen MR) is 90.1 cm³/mol. The molecule has 0 aliphatic heterocycles. The summed E-state index contributed by atoms with van der Waals surface area (Å²) in [4.78, 5) is 18.5. The Morgan fingerprint density at radius 3 is 2.73 bits per heavy atom. The molecule has 4 heteroatoms. The first-order valence-electron chi connectivity index (χ1n) is 7.63. The first kappa shape index (κ1) is 16.0. The zero-order valence-corrected chi connectivity index (χ0v) is 13.5. The summed E-state index contributed by atoms with van der Waals surface area (Å²) in [5.74, 6) is 0. The molecule has 0 saturated carbocycles. The number of urea groups is 1. The van der Waals surface area contributed by atoms with Crippen LogP contribution in [0.25, 0.3) is 0 Å². The van der Waals surface area contributed by atoms with Gasteiger partial charge in [0.15, 0.2) is 0 Å². The van der Waals surface area contributed by atoms with Gasteiger partial charge in [-0.3, -0.25) is 4.98 Å². The molecule has 0 aliphatic carbocycles. The number of carbonyl (C=O) groups excluding carboxylic acids is 1. The summed E-state index contributed by atoms with van der Waals surface area (Å²) in [5.41, 5.74) is 4.08. The van der Waals surface area contributed by atoms with Crippen LogP contribution in [0.5, 0.6) is 0 Å². The Kier molecular flexibility index (Phi) is 5.53. The van der Waals surface area contributed by atoms with E-state index in [0.29, 0.717) is 13.1 Å². The zero-order valence-electron chi connectivity index (χ0n) is 13.5. The molecule has 2 amide bonds. The molecule has 0 unspecified atom stereocenters. The third-order valence-electron chi connectivity index (χ3n) is 3.67. The summed E-state index contributed by atoms with van der Waals surface area (Å²) >= 11 is 0. The number of benzene rings is 1. The van der Waals surface area contributed by atoms with Crippen molar-refractivity contribution < 1.29 is 4.79 Å². The van der Waals surface area contributed by atoms with E-state index in [1.807, 2.05) is 57.2 Å². The molecule has 0 aliphatic rings. The number of likely N-dealkylation sites (N-methyl/N-ethyl adjacent to an activating group) is 1. The first-order valence-corrected chi connectivity index (χ1v) is 7.63. The lowest BCUT2D eigenvalue weighted by Gasteiger charge is -2.22. The monoisotopic (exact) mass is 297 g/mol. The fraction of sp³-hybridized carbons (Fsp3) is 0.333. The lowest BCUT2D eigenvalue weighted by atomic mass is 10.1. The highest BCUT2D eigenvalue weighted by molar-refractivity contribution is 5.90. The SMILES string of the molecule is CCN(CCc1ccccn1)C(=O)Nc1cc(C)ccc1C. The summed E-state index contributed by atoms with van der Waals surface area (Å²) in [6.07, 6.45) is 2.54. The van der Waals surface area contributed by atoms with Crippen molar-refractivity contribution in [3.05, 3.63) is 59.4 Å². The van der Waals surface area contributed by atoms with Gasteiger partial charge in [-0.15, -0.1) is 0 Å². The van der Waals surface area contributed by atoms with Gasteiger partial charge in [-0.1, -0.05) is 18.2 Å². The fourth-order valence-corrected chi connectivity index (χ4v) is 2.26. The quantitative estimate of drug-likeness (QED) is 0.912. The van der Waals surface area contributed by atoms with E-state index < -0.39 is 0 Å². The zero-order chi connectivity index (χ0) is 15.9. The standard InChI is InChI=1S/C18H23N3O/c1-4-21(12-10-16-7-5-6-11-19-16)18(22)20-17-13-14(2)8-9-15(17)3/h5-9,11,13H,4,10,12H2,1-3H3,(H,20,22). The molecule has 2 rings (SSSR count). The fourth-order valence-electron chi connectivity index (χ4n) is 2.26. The molecule has 4 nitrogen and oxygen atoms in total. The second-order valence-electron chi connectivity index (χ2n) is 5.40. The van der Waals surface area contributed by atoms with Gasteiger partial charge in [0.25, 0.3) is 0 Å². The van der Waals surface area contributed by atoms with Crippen molar-refractivity contribution in [2.45, 2.75) is 27.2 Å². The number of anilines is 1. The molecular formula is C18H23N3O. The largest absolute Gasteiger partial charge is 0.324 e. The highest BCUT2D eigenvalue weighted by Crippen LogP contribution is 2.17. The molecule has 0 saturated heterocycles. The number of nitrogens with zero attached hydrogens (tertiary/aromatic N) is 2. The van der Waals surface area contributed by atoms with E-state index in [9.17, 15) is 4.79 Å². The number of aromatic nitrogens is 1. The van der Waals surface area contributed by atoms with Crippen LogP contribution in [0.1, 0.15) is 23.7 Å². The third-order valence-corrected chi connectivity index (χ3v) is 3.67. The van der Waals surface area contributed by atoms with Gasteiger partial charge in [0.2, 0.25) is 0 Å². The molecule has 0 bridgehead atoms. The molecule has 22 heavy (non-hydrogen) atoms. The summed E-state index contributed by atoms with van der Waals surface area (Å²) in [5, 5.41) is 3.00. The van der Waals surface area contributed by atoms with Crippen molar-refractivity contribution in [2.75, 3.05) is 18.4 Å². The van der Waals surface area contributed by atoms with Crippen molar-refractivity contribution in [1.29, 1.82) is 0 Å². The number of carbonyl (C=O) groups is 1. The van der Waals surface area contributed by atoms with Crippen molar-refractivity contribution >= 4 is 11.7 Å². The number of aryl methyl sites for hydroxylation is 2. The highest BCUT2D eigenvalue weighted by atomic mass is 16.2. The van der Waals surface area contributed by atoms with Crippen LogP contribution >= 0.6 is 0 Å². The average Bonchev–Trinajstić information content (AvgIpc) is 2.52. The molecule has 1 N–H and O–H groups in total. The topological polar surface area (TPSA) is 45.2 Å². The van der Waals surface area contributed by atoms with Crippen LogP contribution in [0, 0.1) is 13.8 Å². The second kappa shape index (κ2) is 7.59. The molecule has 0 atom stereocenters. The molecule has 0 radical (unpaired) electrons. The highest BCUT2D eigenvalue weighted by Gasteiger charge is 2.13. The van der Waals surface area contributed by atoms with Gasteiger partial charge >= 0.3 is 6.03 Å². The Morgan fingerprint density at radius 1 is 1.23 bits per heavy atom. The summed E-state index contributed by atoms with van der Waals surface area (Å²) in [6, 6.07) is 11.9. The van der Waals surface area contributed by atoms with Gasteiger partial charge in [0.05, 0.1) is 0 Å². The van der Waals surface area contributed by atoms with E-state index in [0.717, 1.165) is 28.9 Å². The van der Waals surface area contributed by atoms with E-state index >= 15 is 0 Å². The molecule has 0 fully saturated rings. The maximum atomic E-state index is 12.4. The minimum atomic E-state index is -0.0628. The van der Waals surface area contributed by atoms with E-state index in [2.05, 4.69) is 10.3 Å². The van der Waals surface area contributed by atoms with Crippen LogP contribution in [0.3, 0.4) is 0 Å². The minimum absolute atomic E-state index is 0.0628. The first-order chi connectivity index (χ1) is 10.6. The Hall–Kier alpha value is -2.36. The minimum Gasteiger partial charge on any atom is -0.324 e. The van der Waals surface area contributed by atoms with Gasteiger partial charge in [0, 0.05) is 37.1 Å². The van der Waals surface area contributed by atoms with Gasteiger partial charge < -0.3 is 10.2 Å². The number of pyridine rings is 1. The molecule has 1 aromatic heterocycles. The Balaban J connectivity index is 1.98. The predicted octanol–water partition coefficient (Wildman–Crippen LogP) is 3.79. The maximum Gasteiger partial charge on any atom is 0.321 e. The van der Waals surface area contributed by atoms with Crippen molar-refractivity contribution in [3.63, 3.8) is 0 Å². The van der Waals surface area contributed by atoms with E-state index in [1.54, 1.807) is 11.1 Å². The molecule has 1 aromatic carbocycles. The van der Waals surface area contributed by atoms with Crippen LogP contribution in [-0.4, -0.2) is 29.0 Å². The van der Waals surface area contributed by atoms with Crippen LogP contribution in [-0.2, 0) is 6.42 Å². The third kappa shape index (κ3) is 4.32. The van der Waals surface area contributed by atoms with Gasteiger partial charge in [0.1, 0.15) is 0 Å². The van der Waals surface area contributed by atoms with Crippen LogP contribution < -0.4 is 5.32 Å². The molecule has 116 valence electrons.